The normalized spacial score (nSPS) is 9.85. The van der Waals surface area contributed by atoms with Crippen LogP contribution in [0.1, 0.15) is 6.92 Å². The van der Waals surface area contributed by atoms with Gasteiger partial charge in [0.1, 0.15) is 0 Å². The Kier molecular flexibility index (Phi) is 9.12. The highest BCUT2D eigenvalue weighted by Gasteiger charge is 1.95. The first kappa shape index (κ1) is 12.4. The minimum Gasteiger partial charge on any atom is -0.383 e. The van der Waals surface area contributed by atoms with E-state index in [9.17, 15) is 0 Å². The van der Waals surface area contributed by atoms with Gasteiger partial charge in [-0.05, 0) is 14.0 Å². The molecule has 0 bridgehead atoms. The minimum absolute atomic E-state index is 0.786. The molecule has 0 heterocycles. The van der Waals surface area contributed by atoms with Gasteiger partial charge < -0.3 is 15.0 Å². The van der Waals surface area contributed by atoms with Crippen LogP contribution < -0.4 is 5.32 Å². The Morgan fingerprint density at radius 2 is 2.15 bits per heavy atom. The Hall–Kier alpha value is -0.560. The summed E-state index contributed by atoms with van der Waals surface area (Å²) in [6, 6.07) is 0. The Bertz CT molecular complexity index is 160. The minimum atomic E-state index is 0.786. The van der Waals surface area contributed by atoms with Crippen LogP contribution in [0.15, 0.2) is 0 Å². The Labute approximate surface area is 81.4 Å². The lowest BCUT2D eigenvalue weighted by atomic mass is 10.5. The van der Waals surface area contributed by atoms with E-state index in [1.807, 2.05) is 6.92 Å². The topological polar surface area (TPSA) is 24.5 Å². The molecule has 3 nitrogen and oxygen atoms in total. The second-order valence-electron chi connectivity index (χ2n) is 2.90. The van der Waals surface area contributed by atoms with Gasteiger partial charge in [0.15, 0.2) is 0 Å². The van der Waals surface area contributed by atoms with Crippen LogP contribution in [0.5, 0.6) is 0 Å². The predicted octanol–water partition coefficient (Wildman–Crippen LogP) is 0.178. The largest absolute Gasteiger partial charge is 0.383 e. The third-order valence-corrected chi connectivity index (χ3v) is 1.74. The van der Waals surface area contributed by atoms with Crippen LogP contribution in [0, 0.1) is 11.8 Å². The molecule has 0 aliphatic carbocycles. The van der Waals surface area contributed by atoms with Gasteiger partial charge in [0.2, 0.25) is 0 Å². The zero-order chi connectivity index (χ0) is 9.94. The van der Waals surface area contributed by atoms with Gasteiger partial charge in [-0.2, -0.15) is 0 Å². The number of hydrogen-bond acceptors (Lipinski definition) is 3. The molecule has 0 aliphatic heterocycles. The van der Waals surface area contributed by atoms with Crippen LogP contribution in [0.4, 0.5) is 0 Å². The van der Waals surface area contributed by atoms with Gasteiger partial charge in [0, 0.05) is 26.7 Å². The van der Waals surface area contributed by atoms with Crippen LogP contribution in [0.25, 0.3) is 0 Å². The molecule has 0 amide bonds. The van der Waals surface area contributed by atoms with E-state index in [1.165, 1.54) is 0 Å². The van der Waals surface area contributed by atoms with Crippen molar-refractivity contribution in [1.29, 1.82) is 0 Å². The van der Waals surface area contributed by atoms with Crippen molar-refractivity contribution in [3.05, 3.63) is 0 Å². The fourth-order valence-corrected chi connectivity index (χ4v) is 0.868. The first-order valence-electron chi connectivity index (χ1n) is 4.59. The molecule has 0 spiro atoms. The van der Waals surface area contributed by atoms with Gasteiger partial charge in [0.05, 0.1) is 13.2 Å². The first-order chi connectivity index (χ1) is 6.31. The summed E-state index contributed by atoms with van der Waals surface area (Å²) in [5.74, 6) is 5.80. The van der Waals surface area contributed by atoms with E-state index in [2.05, 4.69) is 29.1 Å². The van der Waals surface area contributed by atoms with Crippen molar-refractivity contribution >= 4 is 0 Å². The van der Waals surface area contributed by atoms with Crippen LogP contribution in [0.2, 0.25) is 0 Å². The molecular weight excluding hydrogens is 164 g/mol. The smallest absolute Gasteiger partial charge is 0.0589 e. The molecule has 13 heavy (non-hydrogen) atoms. The second kappa shape index (κ2) is 9.53. The van der Waals surface area contributed by atoms with E-state index in [0.29, 0.717) is 0 Å². The molecule has 0 aliphatic rings. The molecule has 0 saturated carbocycles. The number of likely N-dealkylation sites (N-methyl/N-ethyl adjacent to an activating group) is 1. The van der Waals surface area contributed by atoms with Crippen molar-refractivity contribution in [2.75, 3.05) is 46.9 Å². The number of nitrogens with zero attached hydrogens (tertiary/aromatic N) is 1. The van der Waals surface area contributed by atoms with E-state index in [-0.39, 0.29) is 0 Å². The van der Waals surface area contributed by atoms with E-state index >= 15 is 0 Å². The molecule has 0 aromatic carbocycles. The lowest BCUT2D eigenvalue weighted by molar-refractivity contribution is 0.161. The van der Waals surface area contributed by atoms with E-state index in [4.69, 9.17) is 4.74 Å². The standard InChI is InChI=1S/C10H20N2O/c1-4-5-6-11-7-8-12(2)9-10-13-3/h11H,6-10H2,1-3H3. The van der Waals surface area contributed by atoms with Crippen molar-refractivity contribution in [2.45, 2.75) is 6.92 Å². The molecule has 0 atom stereocenters. The van der Waals surface area contributed by atoms with Crippen LogP contribution in [0.3, 0.4) is 0 Å². The monoisotopic (exact) mass is 184 g/mol. The Morgan fingerprint density at radius 1 is 1.38 bits per heavy atom. The lowest BCUT2D eigenvalue weighted by Crippen LogP contribution is -2.31. The van der Waals surface area contributed by atoms with E-state index in [0.717, 1.165) is 32.8 Å². The maximum Gasteiger partial charge on any atom is 0.0589 e. The zero-order valence-electron chi connectivity index (χ0n) is 8.89. The molecule has 0 unspecified atom stereocenters. The number of rotatable bonds is 7. The van der Waals surface area contributed by atoms with Crippen molar-refractivity contribution in [3.63, 3.8) is 0 Å². The van der Waals surface area contributed by atoms with E-state index in [1.54, 1.807) is 7.11 Å². The summed E-state index contributed by atoms with van der Waals surface area (Å²) in [4.78, 5) is 2.23. The molecule has 0 radical (unpaired) electrons. The molecule has 0 rings (SSSR count). The van der Waals surface area contributed by atoms with E-state index < -0.39 is 0 Å². The summed E-state index contributed by atoms with van der Waals surface area (Å²) >= 11 is 0. The summed E-state index contributed by atoms with van der Waals surface area (Å²) in [5.41, 5.74) is 0. The van der Waals surface area contributed by atoms with Crippen LogP contribution in [-0.4, -0.2) is 51.8 Å². The van der Waals surface area contributed by atoms with Gasteiger partial charge in [-0.1, -0.05) is 5.92 Å². The third kappa shape index (κ3) is 9.35. The van der Waals surface area contributed by atoms with Gasteiger partial charge >= 0.3 is 0 Å². The van der Waals surface area contributed by atoms with Crippen molar-refractivity contribution in [2.24, 2.45) is 0 Å². The first-order valence-corrected chi connectivity index (χ1v) is 4.59. The number of nitrogens with one attached hydrogen (secondary N) is 1. The maximum atomic E-state index is 4.97. The molecule has 76 valence electrons. The number of ether oxygens (including phenoxy) is 1. The van der Waals surface area contributed by atoms with Crippen LogP contribution in [-0.2, 0) is 4.74 Å². The Morgan fingerprint density at radius 3 is 2.77 bits per heavy atom. The average Bonchev–Trinajstić information content (AvgIpc) is 2.14. The van der Waals surface area contributed by atoms with Gasteiger partial charge in [-0.3, -0.25) is 0 Å². The lowest BCUT2D eigenvalue weighted by Gasteiger charge is -2.15. The molecule has 0 aromatic rings. The highest BCUT2D eigenvalue weighted by atomic mass is 16.5. The summed E-state index contributed by atoms with van der Waals surface area (Å²) in [5, 5.41) is 3.24. The molecular formula is C10H20N2O. The van der Waals surface area contributed by atoms with Crippen molar-refractivity contribution < 1.29 is 4.74 Å². The average molecular weight is 184 g/mol. The third-order valence-electron chi connectivity index (χ3n) is 1.74. The maximum absolute atomic E-state index is 4.97. The fourth-order valence-electron chi connectivity index (χ4n) is 0.868. The number of methoxy groups -OCH3 is 1. The Balaban J connectivity index is 3.14. The second-order valence-corrected chi connectivity index (χ2v) is 2.90. The molecule has 0 saturated heterocycles. The fraction of sp³-hybridized carbons (Fsp3) is 0.800. The zero-order valence-corrected chi connectivity index (χ0v) is 8.89. The van der Waals surface area contributed by atoms with Gasteiger partial charge in [-0.25, -0.2) is 0 Å². The summed E-state index contributed by atoms with van der Waals surface area (Å²) < 4.78 is 4.97. The summed E-state index contributed by atoms with van der Waals surface area (Å²) in [6.07, 6.45) is 0. The quantitative estimate of drug-likeness (QED) is 0.451. The SMILES string of the molecule is CC#CCNCCN(C)CCOC. The highest BCUT2D eigenvalue weighted by Crippen LogP contribution is 1.80. The van der Waals surface area contributed by atoms with Crippen molar-refractivity contribution in [3.8, 4) is 11.8 Å². The van der Waals surface area contributed by atoms with Crippen molar-refractivity contribution in [1.82, 2.24) is 10.2 Å². The summed E-state index contributed by atoms with van der Waals surface area (Å²) in [7, 11) is 3.81. The molecule has 3 heteroatoms. The van der Waals surface area contributed by atoms with Gasteiger partial charge in [-0.15, -0.1) is 5.92 Å². The summed E-state index contributed by atoms with van der Waals surface area (Å²) in [6.45, 7) is 6.44. The highest BCUT2D eigenvalue weighted by molar-refractivity contribution is 4.96. The molecule has 0 fully saturated rings. The predicted molar refractivity (Wildman–Crippen MR) is 55.7 cm³/mol. The number of hydrogen-bond donors (Lipinski definition) is 1. The molecule has 1 N–H and O–H groups in total. The molecule has 0 aromatic heterocycles. The van der Waals surface area contributed by atoms with Crippen LogP contribution >= 0.6 is 0 Å². The van der Waals surface area contributed by atoms with Gasteiger partial charge in [0.25, 0.3) is 0 Å².